The van der Waals surface area contributed by atoms with Gasteiger partial charge >= 0.3 is 18.2 Å². The Kier molecular flexibility index (Phi) is 5.48. The van der Waals surface area contributed by atoms with Gasteiger partial charge in [-0.05, 0) is 24.5 Å². The van der Waals surface area contributed by atoms with Gasteiger partial charge in [0.05, 0.1) is 11.8 Å². The number of anilines is 1. The Morgan fingerprint density at radius 3 is 2.63 bits per heavy atom. The molecule has 9 heteroatoms. The molecular weight excluding hydrogens is 363 g/mol. The molecule has 0 radical (unpaired) electrons. The molecular formula is C18H22F3N3O3. The molecule has 0 spiro atoms. The largest absolute Gasteiger partial charge is 0.481 e. The van der Waals surface area contributed by atoms with Crippen molar-refractivity contribution in [3.05, 3.63) is 29.8 Å². The van der Waals surface area contributed by atoms with Crippen LogP contribution in [0.3, 0.4) is 0 Å². The summed E-state index contributed by atoms with van der Waals surface area (Å²) in [5.74, 6) is -5.17. The van der Waals surface area contributed by atoms with Crippen molar-refractivity contribution in [3.63, 3.8) is 0 Å². The van der Waals surface area contributed by atoms with Crippen LogP contribution < -0.4 is 10.2 Å². The highest BCUT2D eigenvalue weighted by Gasteiger charge is 2.53. The number of carbonyl (C=O) groups is 2. The van der Waals surface area contributed by atoms with Gasteiger partial charge in [-0.25, -0.2) is 4.79 Å². The van der Waals surface area contributed by atoms with Gasteiger partial charge in [0.2, 0.25) is 0 Å². The zero-order valence-electron chi connectivity index (χ0n) is 14.7. The molecule has 2 aliphatic heterocycles. The maximum absolute atomic E-state index is 13.0. The van der Waals surface area contributed by atoms with E-state index in [4.69, 9.17) is 5.11 Å². The second-order valence-corrected chi connectivity index (χ2v) is 6.95. The van der Waals surface area contributed by atoms with Gasteiger partial charge in [0.1, 0.15) is 0 Å². The quantitative estimate of drug-likeness (QED) is 0.764. The Bertz CT molecular complexity index is 711. The van der Waals surface area contributed by atoms with E-state index in [0.29, 0.717) is 13.0 Å². The van der Waals surface area contributed by atoms with Crippen LogP contribution >= 0.6 is 0 Å². The minimum absolute atomic E-state index is 0.322. The molecule has 2 aliphatic rings. The number of aliphatic carboxylic acids is 1. The minimum Gasteiger partial charge on any atom is -0.481 e. The van der Waals surface area contributed by atoms with Crippen LogP contribution in [0.4, 0.5) is 23.7 Å². The van der Waals surface area contributed by atoms with Gasteiger partial charge in [-0.15, -0.1) is 0 Å². The van der Waals surface area contributed by atoms with Crippen LogP contribution in [0.15, 0.2) is 24.3 Å². The molecule has 0 aromatic heterocycles. The molecule has 148 valence electrons. The van der Waals surface area contributed by atoms with Crippen LogP contribution in [0.2, 0.25) is 0 Å². The molecule has 3 rings (SSSR count). The SMILES string of the molecule is O=C(O)[C@@H]1CN(C(=O)NCCCN2CCc3ccccc32)C[C@H]1C(F)(F)F. The average Bonchev–Trinajstić information content (AvgIpc) is 3.23. The molecule has 0 bridgehead atoms. The van der Waals surface area contributed by atoms with Crippen LogP contribution in [-0.4, -0.2) is 60.9 Å². The number of nitrogens with one attached hydrogen (secondary N) is 1. The van der Waals surface area contributed by atoms with Gasteiger partial charge in [0.15, 0.2) is 0 Å². The Balaban J connectivity index is 1.45. The van der Waals surface area contributed by atoms with E-state index in [2.05, 4.69) is 22.3 Å². The second-order valence-electron chi connectivity index (χ2n) is 6.95. The third-order valence-electron chi connectivity index (χ3n) is 5.21. The van der Waals surface area contributed by atoms with E-state index in [1.165, 1.54) is 11.3 Å². The van der Waals surface area contributed by atoms with E-state index < -0.39 is 43.1 Å². The lowest BCUT2D eigenvalue weighted by Gasteiger charge is -2.21. The summed E-state index contributed by atoms with van der Waals surface area (Å²) in [5.41, 5.74) is 2.47. The number of fused-ring (bicyclic) bond motifs is 1. The summed E-state index contributed by atoms with van der Waals surface area (Å²) in [5, 5.41) is 11.6. The molecule has 1 fully saturated rings. The van der Waals surface area contributed by atoms with Crippen LogP contribution in [0.25, 0.3) is 0 Å². The number of carbonyl (C=O) groups excluding carboxylic acids is 1. The maximum atomic E-state index is 13.0. The number of benzene rings is 1. The number of rotatable bonds is 5. The van der Waals surface area contributed by atoms with E-state index >= 15 is 0 Å². The number of likely N-dealkylation sites (tertiary alicyclic amines) is 1. The molecule has 2 heterocycles. The second kappa shape index (κ2) is 7.66. The predicted octanol–water partition coefficient (Wildman–Crippen LogP) is 2.34. The van der Waals surface area contributed by atoms with Crippen molar-refractivity contribution in [2.24, 2.45) is 11.8 Å². The maximum Gasteiger partial charge on any atom is 0.394 e. The zero-order chi connectivity index (χ0) is 19.6. The lowest BCUT2D eigenvalue weighted by atomic mass is 9.96. The smallest absolute Gasteiger partial charge is 0.394 e. The topological polar surface area (TPSA) is 72.9 Å². The highest BCUT2D eigenvalue weighted by Crippen LogP contribution is 2.37. The van der Waals surface area contributed by atoms with Gasteiger partial charge in [0, 0.05) is 38.4 Å². The normalized spacial score (nSPS) is 22.0. The van der Waals surface area contributed by atoms with Gasteiger partial charge in [-0.2, -0.15) is 13.2 Å². The number of carboxylic acid groups (broad SMARTS) is 1. The standard InChI is InChI=1S/C18H22F3N3O3/c19-18(20,21)14-11-24(10-13(14)16(25)26)17(27)22-7-3-8-23-9-6-12-4-1-2-5-15(12)23/h1-2,4-5,13-14H,3,6-11H2,(H,22,27)(H,25,26)/t13-,14-/m1/s1. The summed E-state index contributed by atoms with van der Waals surface area (Å²) < 4.78 is 38.9. The Morgan fingerprint density at radius 1 is 1.22 bits per heavy atom. The summed E-state index contributed by atoms with van der Waals surface area (Å²) in [6, 6.07) is 7.46. The first-order valence-electron chi connectivity index (χ1n) is 8.92. The van der Waals surface area contributed by atoms with Gasteiger partial charge in [0.25, 0.3) is 0 Å². The number of urea groups is 1. The summed E-state index contributed by atoms with van der Waals surface area (Å²) >= 11 is 0. The molecule has 6 nitrogen and oxygen atoms in total. The van der Waals surface area contributed by atoms with Crippen molar-refractivity contribution in [2.45, 2.75) is 19.0 Å². The van der Waals surface area contributed by atoms with Gasteiger partial charge in [-0.3, -0.25) is 4.79 Å². The van der Waals surface area contributed by atoms with Crippen molar-refractivity contribution in [2.75, 3.05) is 37.6 Å². The van der Waals surface area contributed by atoms with Gasteiger partial charge < -0.3 is 20.2 Å². The third-order valence-corrected chi connectivity index (χ3v) is 5.21. The monoisotopic (exact) mass is 385 g/mol. The number of carboxylic acids is 1. The van der Waals surface area contributed by atoms with Crippen LogP contribution in [0.5, 0.6) is 0 Å². The number of hydrogen-bond donors (Lipinski definition) is 2. The Labute approximate surface area is 154 Å². The Hall–Kier alpha value is -2.45. The van der Waals surface area contributed by atoms with E-state index in [9.17, 15) is 22.8 Å². The molecule has 2 N–H and O–H groups in total. The van der Waals surface area contributed by atoms with Crippen LogP contribution in [0, 0.1) is 11.8 Å². The lowest BCUT2D eigenvalue weighted by molar-refractivity contribution is -0.187. The zero-order valence-corrected chi connectivity index (χ0v) is 14.7. The molecule has 27 heavy (non-hydrogen) atoms. The summed E-state index contributed by atoms with van der Waals surface area (Å²) in [4.78, 5) is 26.4. The fourth-order valence-electron chi connectivity index (χ4n) is 3.77. The summed E-state index contributed by atoms with van der Waals surface area (Å²) in [7, 11) is 0. The van der Waals surface area contributed by atoms with Crippen molar-refractivity contribution in [1.82, 2.24) is 10.2 Å². The highest BCUT2D eigenvalue weighted by molar-refractivity contribution is 5.77. The molecule has 1 aromatic rings. The molecule has 2 amide bonds. The number of para-hydroxylation sites is 1. The Morgan fingerprint density at radius 2 is 1.96 bits per heavy atom. The van der Waals surface area contributed by atoms with Crippen LogP contribution in [-0.2, 0) is 11.2 Å². The first-order chi connectivity index (χ1) is 12.8. The molecule has 0 aliphatic carbocycles. The van der Waals surface area contributed by atoms with E-state index in [0.717, 1.165) is 24.4 Å². The number of amides is 2. The minimum atomic E-state index is -4.64. The lowest BCUT2D eigenvalue weighted by Crippen LogP contribution is -2.40. The molecule has 1 saturated heterocycles. The van der Waals surface area contributed by atoms with Crippen molar-refractivity contribution >= 4 is 17.7 Å². The molecule has 1 aromatic carbocycles. The highest BCUT2D eigenvalue weighted by atomic mass is 19.4. The van der Waals surface area contributed by atoms with E-state index in [-0.39, 0.29) is 0 Å². The number of alkyl halides is 3. The number of nitrogens with zero attached hydrogens (tertiary/aromatic N) is 2. The number of hydrogen-bond acceptors (Lipinski definition) is 3. The van der Waals surface area contributed by atoms with Gasteiger partial charge in [-0.1, -0.05) is 18.2 Å². The first-order valence-corrected chi connectivity index (χ1v) is 8.92. The fraction of sp³-hybridized carbons (Fsp3) is 0.556. The van der Waals surface area contributed by atoms with Crippen molar-refractivity contribution in [1.29, 1.82) is 0 Å². The van der Waals surface area contributed by atoms with E-state index in [1.807, 2.05) is 12.1 Å². The molecule has 0 unspecified atom stereocenters. The van der Waals surface area contributed by atoms with Crippen molar-refractivity contribution < 1.29 is 27.9 Å². The molecule has 2 atom stereocenters. The van der Waals surface area contributed by atoms with E-state index in [1.54, 1.807) is 0 Å². The fourth-order valence-corrected chi connectivity index (χ4v) is 3.77. The first kappa shape index (κ1) is 19.3. The summed E-state index contributed by atoms with van der Waals surface area (Å²) in [6.07, 6.45) is -3.01. The van der Waals surface area contributed by atoms with Crippen LogP contribution in [0.1, 0.15) is 12.0 Å². The molecule has 0 saturated carbocycles. The third kappa shape index (κ3) is 4.28. The number of halogens is 3. The average molecular weight is 385 g/mol. The summed E-state index contributed by atoms with van der Waals surface area (Å²) in [6.45, 7) is 0.923. The predicted molar refractivity (Wildman–Crippen MR) is 92.6 cm³/mol. The van der Waals surface area contributed by atoms with Crippen molar-refractivity contribution in [3.8, 4) is 0 Å².